The van der Waals surface area contributed by atoms with Gasteiger partial charge >= 0.3 is 5.97 Å². The van der Waals surface area contributed by atoms with Crippen LogP contribution in [0.2, 0.25) is 0 Å². The molecule has 1 saturated carbocycles. The van der Waals surface area contributed by atoms with Gasteiger partial charge in [0.2, 0.25) is 11.8 Å². The van der Waals surface area contributed by atoms with Crippen molar-refractivity contribution >= 4 is 17.8 Å². The molecule has 2 N–H and O–H groups in total. The van der Waals surface area contributed by atoms with Crippen LogP contribution in [0.3, 0.4) is 0 Å². The summed E-state index contributed by atoms with van der Waals surface area (Å²) < 4.78 is 10.8. The van der Waals surface area contributed by atoms with Crippen LogP contribution in [0.5, 0.6) is 5.75 Å². The molecule has 1 aromatic rings. The first kappa shape index (κ1) is 29.6. The number of esters is 1. The Morgan fingerprint density at radius 2 is 1.93 bits per heavy atom. The second kappa shape index (κ2) is 12.1. The van der Waals surface area contributed by atoms with Crippen LogP contribution in [0.1, 0.15) is 70.3 Å². The number of nitrogens with zero attached hydrogens (tertiary/aromatic N) is 2. The van der Waals surface area contributed by atoms with Crippen LogP contribution < -0.4 is 4.74 Å². The first-order valence-corrected chi connectivity index (χ1v) is 15.1. The van der Waals surface area contributed by atoms with E-state index in [2.05, 4.69) is 0 Å². The van der Waals surface area contributed by atoms with Gasteiger partial charge in [0.15, 0.2) is 0 Å². The maximum absolute atomic E-state index is 14.4. The normalized spacial score (nSPS) is 34.3. The summed E-state index contributed by atoms with van der Waals surface area (Å²) in [5, 5.41) is 22.0. The number of methoxy groups -OCH3 is 1. The Morgan fingerprint density at radius 1 is 1.15 bits per heavy atom. The SMILES string of the molecule is CCOC(=O)C[C@@]12[C@@H]3CCN4C(=O)CCC/C=C/CC(O)CC[C@@](CO)(C[C@H]3C(=O)N1Cc1ccc(OC)cc1)[C@H]42. The fourth-order valence-corrected chi connectivity index (χ4v) is 8.35. The smallest absolute Gasteiger partial charge is 0.308 e. The summed E-state index contributed by atoms with van der Waals surface area (Å²) in [6.45, 7) is 2.51. The molecule has 2 amide bonds. The number of rotatable bonds is 7. The minimum atomic E-state index is -1.02. The predicted molar refractivity (Wildman–Crippen MR) is 152 cm³/mol. The van der Waals surface area contributed by atoms with Crippen molar-refractivity contribution in [2.24, 2.45) is 17.3 Å². The average molecular weight is 569 g/mol. The molecule has 1 unspecified atom stereocenters. The number of amides is 2. The number of ether oxygens (including phenoxy) is 2. The van der Waals surface area contributed by atoms with Gasteiger partial charge in [-0.3, -0.25) is 14.4 Å². The lowest BCUT2D eigenvalue weighted by Crippen LogP contribution is -2.75. The van der Waals surface area contributed by atoms with Gasteiger partial charge in [-0.2, -0.15) is 0 Å². The van der Waals surface area contributed by atoms with Gasteiger partial charge in [0.25, 0.3) is 0 Å². The molecule has 4 aliphatic rings. The van der Waals surface area contributed by atoms with Crippen molar-refractivity contribution in [3.05, 3.63) is 42.0 Å². The van der Waals surface area contributed by atoms with Crippen molar-refractivity contribution in [3.8, 4) is 5.75 Å². The highest BCUT2D eigenvalue weighted by Crippen LogP contribution is 2.63. The second-order valence-corrected chi connectivity index (χ2v) is 12.3. The fraction of sp³-hybridized carbons (Fsp3) is 0.656. The molecule has 1 aromatic carbocycles. The lowest BCUT2D eigenvalue weighted by Gasteiger charge is -2.63. The molecule has 3 aliphatic heterocycles. The van der Waals surface area contributed by atoms with E-state index in [-0.39, 0.29) is 49.8 Å². The molecular weight excluding hydrogens is 524 g/mol. The summed E-state index contributed by atoms with van der Waals surface area (Å²) in [4.78, 5) is 45.4. The first-order chi connectivity index (χ1) is 19.8. The Kier molecular flexibility index (Phi) is 8.76. The van der Waals surface area contributed by atoms with Crippen LogP contribution in [0.4, 0.5) is 0 Å². The van der Waals surface area contributed by atoms with E-state index in [1.807, 2.05) is 46.2 Å². The lowest BCUT2D eigenvalue weighted by atomic mass is 9.51. The molecule has 9 nitrogen and oxygen atoms in total. The summed E-state index contributed by atoms with van der Waals surface area (Å²) in [6.07, 6.45) is 7.55. The number of allylic oxidation sites excluding steroid dienone is 1. The predicted octanol–water partition coefficient (Wildman–Crippen LogP) is 3.22. The molecule has 3 heterocycles. The van der Waals surface area contributed by atoms with Gasteiger partial charge in [0.05, 0.1) is 44.4 Å². The van der Waals surface area contributed by atoms with E-state index in [1.54, 1.807) is 14.0 Å². The Hall–Kier alpha value is -2.91. The maximum atomic E-state index is 14.4. The molecular formula is C32H44N2O7. The Morgan fingerprint density at radius 3 is 2.63 bits per heavy atom. The Bertz CT molecular complexity index is 1150. The molecule has 0 spiro atoms. The molecule has 3 fully saturated rings. The summed E-state index contributed by atoms with van der Waals surface area (Å²) >= 11 is 0. The van der Waals surface area contributed by atoms with E-state index in [1.165, 1.54) is 0 Å². The van der Waals surface area contributed by atoms with E-state index >= 15 is 0 Å². The van der Waals surface area contributed by atoms with E-state index in [4.69, 9.17) is 9.47 Å². The second-order valence-electron chi connectivity index (χ2n) is 12.3. The van der Waals surface area contributed by atoms with Gasteiger partial charge in [0.1, 0.15) is 5.75 Å². The summed E-state index contributed by atoms with van der Waals surface area (Å²) in [6, 6.07) is 6.97. The zero-order chi connectivity index (χ0) is 29.2. The van der Waals surface area contributed by atoms with Crippen molar-refractivity contribution in [2.75, 3.05) is 26.9 Å². The third-order valence-electron chi connectivity index (χ3n) is 10.1. The van der Waals surface area contributed by atoms with Gasteiger partial charge in [-0.05, 0) is 75.5 Å². The molecule has 4 bridgehead atoms. The Balaban J connectivity index is 1.65. The number of aliphatic hydroxyl groups excluding tert-OH is 2. The number of benzene rings is 1. The van der Waals surface area contributed by atoms with Crippen molar-refractivity contribution in [1.82, 2.24) is 9.80 Å². The largest absolute Gasteiger partial charge is 0.497 e. The zero-order valence-electron chi connectivity index (χ0n) is 24.3. The number of carbonyl (C=O) groups excluding carboxylic acids is 3. The van der Waals surface area contributed by atoms with Gasteiger partial charge in [-0.25, -0.2) is 0 Å². The van der Waals surface area contributed by atoms with Gasteiger partial charge in [-0.1, -0.05) is 24.3 Å². The quantitative estimate of drug-likeness (QED) is 0.383. The van der Waals surface area contributed by atoms with Gasteiger partial charge in [-0.15, -0.1) is 0 Å². The van der Waals surface area contributed by atoms with Gasteiger partial charge < -0.3 is 29.5 Å². The minimum Gasteiger partial charge on any atom is -0.497 e. The highest BCUT2D eigenvalue weighted by molar-refractivity contribution is 5.87. The lowest BCUT2D eigenvalue weighted by molar-refractivity contribution is -0.181. The molecule has 41 heavy (non-hydrogen) atoms. The molecule has 0 aromatic heterocycles. The first-order valence-electron chi connectivity index (χ1n) is 15.1. The van der Waals surface area contributed by atoms with Crippen molar-refractivity contribution in [3.63, 3.8) is 0 Å². The van der Waals surface area contributed by atoms with Gasteiger partial charge in [0, 0.05) is 30.8 Å². The maximum Gasteiger partial charge on any atom is 0.308 e. The third-order valence-corrected chi connectivity index (χ3v) is 10.1. The number of carbonyl (C=O) groups is 3. The topological polar surface area (TPSA) is 117 Å². The number of aliphatic hydroxyl groups is 2. The fourth-order valence-electron chi connectivity index (χ4n) is 8.35. The standard InChI is InChI=1S/C32H44N2O7/c1-3-41-28(38)19-32-26-15-17-33-27(37)9-7-5-4-6-8-23(36)14-16-31(21-35,30(32)33)18-25(26)29(39)34(32)20-22-10-12-24(40-2)13-11-22/h4,6,10-13,23,25-26,30,35-36H,3,5,7-9,14-21H2,1-2H3/b6-4+/t23?,25-,26-,30+,31+,32+/m1/s1. The highest BCUT2D eigenvalue weighted by Gasteiger charge is 2.73. The molecule has 6 atom stereocenters. The average Bonchev–Trinajstić information content (AvgIpc) is 3.13. The Labute approximate surface area is 242 Å². The number of hydrogen-bond acceptors (Lipinski definition) is 7. The van der Waals surface area contributed by atoms with Crippen LogP contribution >= 0.6 is 0 Å². The molecule has 2 saturated heterocycles. The minimum absolute atomic E-state index is 0.00935. The van der Waals surface area contributed by atoms with E-state index in [9.17, 15) is 24.6 Å². The number of piperidine rings is 1. The highest BCUT2D eigenvalue weighted by atomic mass is 16.5. The molecule has 0 radical (unpaired) electrons. The zero-order valence-corrected chi connectivity index (χ0v) is 24.3. The van der Waals surface area contributed by atoms with E-state index in [0.717, 1.165) is 12.0 Å². The number of likely N-dealkylation sites (tertiary alicyclic amines) is 1. The monoisotopic (exact) mass is 568 g/mol. The molecule has 5 rings (SSSR count). The molecule has 224 valence electrons. The van der Waals surface area contributed by atoms with Crippen LogP contribution in [0.25, 0.3) is 0 Å². The third kappa shape index (κ3) is 5.27. The van der Waals surface area contributed by atoms with Crippen LogP contribution in [-0.4, -0.2) is 82.3 Å². The molecule has 1 aliphatic carbocycles. The van der Waals surface area contributed by atoms with Crippen molar-refractivity contribution < 1.29 is 34.1 Å². The van der Waals surface area contributed by atoms with Crippen molar-refractivity contribution in [1.29, 1.82) is 0 Å². The van der Waals surface area contributed by atoms with Crippen molar-refractivity contribution in [2.45, 2.75) is 88.9 Å². The summed E-state index contributed by atoms with van der Waals surface area (Å²) in [5.41, 5.74) is -0.966. The van der Waals surface area contributed by atoms with Crippen LogP contribution in [0.15, 0.2) is 36.4 Å². The molecule has 9 heteroatoms. The summed E-state index contributed by atoms with van der Waals surface area (Å²) in [5.74, 6) is -0.260. The van der Waals surface area contributed by atoms with Crippen LogP contribution in [0, 0.1) is 17.3 Å². The van der Waals surface area contributed by atoms with E-state index in [0.29, 0.717) is 57.2 Å². The summed E-state index contributed by atoms with van der Waals surface area (Å²) in [7, 11) is 1.60. The number of hydrogen-bond donors (Lipinski definition) is 2. The van der Waals surface area contributed by atoms with Crippen LogP contribution in [-0.2, 0) is 25.7 Å². The van der Waals surface area contributed by atoms with E-state index < -0.39 is 29.1 Å².